The van der Waals surface area contributed by atoms with Crippen LogP contribution in [-0.2, 0) is 16.4 Å². The summed E-state index contributed by atoms with van der Waals surface area (Å²) in [4.78, 5) is 4.17. The van der Waals surface area contributed by atoms with E-state index in [0.717, 1.165) is 18.5 Å². The highest BCUT2D eigenvalue weighted by atomic mass is 32.2. The fourth-order valence-corrected chi connectivity index (χ4v) is 2.77. The molecule has 1 aromatic rings. The standard InChI is InChI=1S/C12H20N2O2S/c1-3-4-11-17(15,16)14(2)10-8-12-7-5-6-9-13-12/h5-7,9H,3-4,8,10-11H2,1-2H3. The van der Waals surface area contributed by atoms with Gasteiger partial charge in [0, 0.05) is 31.9 Å². The van der Waals surface area contributed by atoms with Crippen molar-refractivity contribution in [2.75, 3.05) is 19.3 Å². The number of rotatable bonds is 7. The monoisotopic (exact) mass is 256 g/mol. The molecule has 0 radical (unpaired) electrons. The van der Waals surface area contributed by atoms with Crippen molar-refractivity contribution in [3.05, 3.63) is 30.1 Å². The molecule has 0 saturated carbocycles. The third kappa shape index (κ3) is 4.83. The Labute approximate surface area is 104 Å². The number of hydrogen-bond donors (Lipinski definition) is 0. The fourth-order valence-electron chi connectivity index (χ4n) is 1.44. The molecule has 1 aromatic heterocycles. The van der Waals surface area contributed by atoms with E-state index in [1.165, 1.54) is 4.31 Å². The summed E-state index contributed by atoms with van der Waals surface area (Å²) in [5.41, 5.74) is 0.921. The Morgan fingerprint density at radius 3 is 2.71 bits per heavy atom. The van der Waals surface area contributed by atoms with Crippen LogP contribution in [0.25, 0.3) is 0 Å². The van der Waals surface area contributed by atoms with Crippen LogP contribution in [0.3, 0.4) is 0 Å². The predicted octanol–water partition coefficient (Wildman–Crippen LogP) is 1.69. The van der Waals surface area contributed by atoms with Crippen LogP contribution in [0.1, 0.15) is 25.5 Å². The molecule has 0 aliphatic rings. The smallest absolute Gasteiger partial charge is 0.213 e. The van der Waals surface area contributed by atoms with Gasteiger partial charge in [0.05, 0.1) is 5.75 Å². The van der Waals surface area contributed by atoms with Crippen molar-refractivity contribution in [1.29, 1.82) is 0 Å². The second-order valence-electron chi connectivity index (χ2n) is 4.06. The first-order chi connectivity index (χ1) is 8.06. The highest BCUT2D eigenvalue weighted by Crippen LogP contribution is 2.04. The molecule has 4 nitrogen and oxygen atoms in total. The zero-order valence-electron chi connectivity index (χ0n) is 10.5. The van der Waals surface area contributed by atoms with Crippen LogP contribution in [0, 0.1) is 0 Å². The Morgan fingerprint density at radius 1 is 1.35 bits per heavy atom. The lowest BCUT2D eigenvalue weighted by Gasteiger charge is -2.16. The van der Waals surface area contributed by atoms with Crippen LogP contribution >= 0.6 is 0 Å². The lowest BCUT2D eigenvalue weighted by atomic mass is 10.3. The van der Waals surface area contributed by atoms with E-state index in [1.807, 2.05) is 25.1 Å². The number of likely N-dealkylation sites (N-methyl/N-ethyl adjacent to an activating group) is 1. The van der Waals surface area contributed by atoms with Gasteiger partial charge in [0.15, 0.2) is 0 Å². The zero-order chi connectivity index (χ0) is 12.7. The molecule has 0 saturated heterocycles. The number of pyridine rings is 1. The van der Waals surface area contributed by atoms with Gasteiger partial charge in [0.1, 0.15) is 0 Å². The minimum Gasteiger partial charge on any atom is -0.261 e. The lowest BCUT2D eigenvalue weighted by molar-refractivity contribution is 0.469. The largest absolute Gasteiger partial charge is 0.261 e. The van der Waals surface area contributed by atoms with Crippen molar-refractivity contribution in [2.45, 2.75) is 26.2 Å². The SMILES string of the molecule is CCCCS(=O)(=O)N(C)CCc1ccccn1. The summed E-state index contributed by atoms with van der Waals surface area (Å²) >= 11 is 0. The molecule has 0 atom stereocenters. The van der Waals surface area contributed by atoms with E-state index < -0.39 is 10.0 Å². The molecule has 0 unspecified atom stereocenters. The molecule has 1 rings (SSSR count). The number of aromatic nitrogens is 1. The molecule has 0 fully saturated rings. The van der Waals surface area contributed by atoms with E-state index in [9.17, 15) is 8.42 Å². The molecule has 0 aliphatic carbocycles. The van der Waals surface area contributed by atoms with Crippen LogP contribution in [0.15, 0.2) is 24.4 Å². The zero-order valence-corrected chi connectivity index (χ0v) is 11.3. The van der Waals surface area contributed by atoms with E-state index in [4.69, 9.17) is 0 Å². The summed E-state index contributed by atoms with van der Waals surface area (Å²) < 4.78 is 25.1. The van der Waals surface area contributed by atoms with Gasteiger partial charge in [-0.3, -0.25) is 4.98 Å². The van der Waals surface area contributed by atoms with E-state index in [1.54, 1.807) is 13.2 Å². The molecule has 5 heteroatoms. The van der Waals surface area contributed by atoms with E-state index >= 15 is 0 Å². The third-order valence-corrected chi connectivity index (χ3v) is 4.58. The molecular formula is C12H20N2O2S. The Kier molecular flexibility index (Phi) is 5.58. The van der Waals surface area contributed by atoms with Crippen LogP contribution in [0.4, 0.5) is 0 Å². The Balaban J connectivity index is 2.47. The van der Waals surface area contributed by atoms with Gasteiger partial charge in [0.25, 0.3) is 0 Å². The summed E-state index contributed by atoms with van der Waals surface area (Å²) in [6.07, 6.45) is 3.99. The number of unbranched alkanes of at least 4 members (excludes halogenated alkanes) is 1. The van der Waals surface area contributed by atoms with Crippen molar-refractivity contribution in [1.82, 2.24) is 9.29 Å². The Hall–Kier alpha value is -0.940. The summed E-state index contributed by atoms with van der Waals surface area (Å²) in [6, 6.07) is 5.67. The first-order valence-corrected chi connectivity index (χ1v) is 7.51. The van der Waals surface area contributed by atoms with Gasteiger partial charge in [0.2, 0.25) is 10.0 Å². The third-order valence-electron chi connectivity index (χ3n) is 2.64. The molecule has 0 N–H and O–H groups in total. The molecule has 0 spiro atoms. The maximum atomic E-state index is 11.8. The summed E-state index contributed by atoms with van der Waals surface area (Å²) in [7, 11) is -1.45. The normalized spacial score (nSPS) is 11.9. The average molecular weight is 256 g/mol. The van der Waals surface area contributed by atoms with Gasteiger partial charge in [-0.2, -0.15) is 0 Å². The van der Waals surface area contributed by atoms with Crippen LogP contribution < -0.4 is 0 Å². The lowest BCUT2D eigenvalue weighted by Crippen LogP contribution is -2.31. The summed E-state index contributed by atoms with van der Waals surface area (Å²) in [6.45, 7) is 2.48. The van der Waals surface area contributed by atoms with Gasteiger partial charge in [-0.05, 0) is 18.6 Å². The van der Waals surface area contributed by atoms with Crippen LogP contribution in [-0.4, -0.2) is 37.1 Å². The predicted molar refractivity (Wildman–Crippen MR) is 69.3 cm³/mol. The highest BCUT2D eigenvalue weighted by Gasteiger charge is 2.16. The van der Waals surface area contributed by atoms with Crippen molar-refractivity contribution in [3.63, 3.8) is 0 Å². The van der Waals surface area contributed by atoms with E-state index in [2.05, 4.69) is 4.98 Å². The second kappa shape index (κ2) is 6.71. The Bertz CT molecular complexity index is 417. The topological polar surface area (TPSA) is 50.3 Å². The molecule has 0 aliphatic heterocycles. The van der Waals surface area contributed by atoms with E-state index in [-0.39, 0.29) is 5.75 Å². The maximum absolute atomic E-state index is 11.8. The minimum absolute atomic E-state index is 0.238. The summed E-state index contributed by atoms with van der Waals surface area (Å²) in [5.74, 6) is 0.238. The van der Waals surface area contributed by atoms with Crippen molar-refractivity contribution < 1.29 is 8.42 Å². The molecule has 1 heterocycles. The van der Waals surface area contributed by atoms with Gasteiger partial charge >= 0.3 is 0 Å². The quantitative estimate of drug-likeness (QED) is 0.746. The van der Waals surface area contributed by atoms with Gasteiger partial charge in [-0.1, -0.05) is 19.4 Å². The fraction of sp³-hybridized carbons (Fsp3) is 0.583. The molecule has 96 valence electrons. The van der Waals surface area contributed by atoms with Crippen molar-refractivity contribution in [3.8, 4) is 0 Å². The highest BCUT2D eigenvalue weighted by molar-refractivity contribution is 7.89. The van der Waals surface area contributed by atoms with Crippen molar-refractivity contribution >= 4 is 10.0 Å². The molecule has 0 amide bonds. The minimum atomic E-state index is -3.09. The maximum Gasteiger partial charge on any atom is 0.213 e. The molecular weight excluding hydrogens is 236 g/mol. The van der Waals surface area contributed by atoms with Gasteiger partial charge < -0.3 is 0 Å². The number of sulfonamides is 1. The second-order valence-corrected chi connectivity index (χ2v) is 6.26. The van der Waals surface area contributed by atoms with Crippen LogP contribution in [0.5, 0.6) is 0 Å². The average Bonchev–Trinajstić information content (AvgIpc) is 2.34. The van der Waals surface area contributed by atoms with Gasteiger partial charge in [-0.15, -0.1) is 0 Å². The van der Waals surface area contributed by atoms with Crippen LogP contribution in [0.2, 0.25) is 0 Å². The summed E-state index contributed by atoms with van der Waals surface area (Å²) in [5, 5.41) is 0. The van der Waals surface area contributed by atoms with E-state index in [0.29, 0.717) is 13.0 Å². The van der Waals surface area contributed by atoms with Crippen molar-refractivity contribution in [2.24, 2.45) is 0 Å². The first kappa shape index (κ1) is 14.1. The molecule has 0 aromatic carbocycles. The molecule has 17 heavy (non-hydrogen) atoms. The van der Waals surface area contributed by atoms with Gasteiger partial charge in [-0.25, -0.2) is 12.7 Å². The molecule has 0 bridgehead atoms. The Morgan fingerprint density at radius 2 is 2.12 bits per heavy atom. The first-order valence-electron chi connectivity index (χ1n) is 5.90. The number of nitrogens with zero attached hydrogens (tertiary/aromatic N) is 2. The number of hydrogen-bond acceptors (Lipinski definition) is 3.